The third-order valence-electron chi connectivity index (χ3n) is 6.77. The minimum atomic E-state index is -0.258. The van der Waals surface area contributed by atoms with Crippen molar-refractivity contribution in [1.82, 2.24) is 9.99 Å². The van der Waals surface area contributed by atoms with Crippen LogP contribution in [-0.4, -0.2) is 22.6 Å². The molecule has 188 valence electrons. The molecule has 0 fully saturated rings. The van der Waals surface area contributed by atoms with Crippen molar-refractivity contribution in [2.75, 3.05) is 5.32 Å². The molecule has 0 aliphatic heterocycles. The summed E-state index contributed by atoms with van der Waals surface area (Å²) in [6.07, 6.45) is 5.83. The van der Waals surface area contributed by atoms with Crippen LogP contribution in [0.15, 0.2) is 65.8 Å². The molecular formula is C30H30N4O2S. The highest BCUT2D eigenvalue weighted by Gasteiger charge is 2.28. The summed E-state index contributed by atoms with van der Waals surface area (Å²) >= 11 is 1.71. The highest BCUT2D eigenvalue weighted by atomic mass is 32.1. The summed E-state index contributed by atoms with van der Waals surface area (Å²) in [5, 5.41) is 8.26. The molecule has 6 nitrogen and oxygen atoms in total. The number of hydrogen-bond acceptors (Lipinski definition) is 4. The number of fused-ring (bicyclic) bond motifs is 1. The molecule has 2 amide bonds. The molecule has 0 radical (unpaired) electrons. The van der Waals surface area contributed by atoms with Gasteiger partial charge in [-0.2, -0.15) is 5.10 Å². The van der Waals surface area contributed by atoms with Crippen LogP contribution in [0.4, 0.5) is 5.69 Å². The average Bonchev–Trinajstić information content (AvgIpc) is 3.41. The van der Waals surface area contributed by atoms with Gasteiger partial charge < -0.3 is 9.88 Å². The SMILES string of the molecule is Cc1ccc(NC(=O)c2c(-n3c(C)cc(/C=N\NC(=O)c4ccccc4)c3C)sc3c2CCCC3)cc1. The van der Waals surface area contributed by atoms with Crippen LogP contribution in [0.5, 0.6) is 0 Å². The third-order valence-corrected chi connectivity index (χ3v) is 8.05. The first-order valence-corrected chi connectivity index (χ1v) is 13.3. The van der Waals surface area contributed by atoms with Crippen LogP contribution in [0.1, 0.15) is 66.5 Å². The molecule has 7 heteroatoms. The number of anilines is 1. The van der Waals surface area contributed by atoms with Gasteiger partial charge in [0.05, 0.1) is 11.8 Å². The van der Waals surface area contributed by atoms with Crippen molar-refractivity contribution in [3.05, 3.63) is 105 Å². The van der Waals surface area contributed by atoms with Gasteiger partial charge in [-0.25, -0.2) is 5.43 Å². The molecule has 4 aromatic rings. The molecule has 37 heavy (non-hydrogen) atoms. The number of aromatic nitrogens is 1. The number of nitrogens with zero attached hydrogens (tertiary/aromatic N) is 2. The second kappa shape index (κ2) is 10.6. The van der Waals surface area contributed by atoms with Gasteiger partial charge in [0, 0.05) is 33.1 Å². The van der Waals surface area contributed by atoms with E-state index in [1.165, 1.54) is 10.4 Å². The average molecular weight is 511 g/mol. The first kappa shape index (κ1) is 24.7. The Balaban J connectivity index is 1.46. The van der Waals surface area contributed by atoms with Gasteiger partial charge in [-0.05, 0) is 82.3 Å². The van der Waals surface area contributed by atoms with E-state index < -0.39 is 0 Å². The fourth-order valence-corrected chi connectivity index (χ4v) is 6.32. The van der Waals surface area contributed by atoms with Crippen molar-refractivity contribution >= 4 is 35.1 Å². The molecule has 2 aromatic heterocycles. The second-order valence-corrected chi connectivity index (χ2v) is 10.5. The molecular weight excluding hydrogens is 480 g/mol. The summed E-state index contributed by atoms with van der Waals surface area (Å²) in [5.41, 5.74) is 9.91. The van der Waals surface area contributed by atoms with E-state index in [2.05, 4.69) is 20.4 Å². The van der Waals surface area contributed by atoms with Gasteiger partial charge in [0.25, 0.3) is 11.8 Å². The molecule has 5 rings (SSSR count). The zero-order valence-corrected chi connectivity index (χ0v) is 22.1. The van der Waals surface area contributed by atoms with Gasteiger partial charge in [0.2, 0.25) is 0 Å². The number of hydrogen-bond donors (Lipinski definition) is 2. The van der Waals surface area contributed by atoms with Crippen LogP contribution in [0.2, 0.25) is 0 Å². The first-order chi connectivity index (χ1) is 17.9. The molecule has 0 saturated heterocycles. The van der Waals surface area contributed by atoms with E-state index >= 15 is 0 Å². The van der Waals surface area contributed by atoms with E-state index in [1.54, 1.807) is 29.7 Å². The first-order valence-electron chi connectivity index (χ1n) is 12.5. The van der Waals surface area contributed by atoms with E-state index in [0.29, 0.717) is 5.56 Å². The van der Waals surface area contributed by atoms with Crippen LogP contribution in [0.25, 0.3) is 5.00 Å². The minimum Gasteiger partial charge on any atom is -0.322 e. The van der Waals surface area contributed by atoms with Gasteiger partial charge in [-0.15, -0.1) is 11.3 Å². The van der Waals surface area contributed by atoms with Crippen molar-refractivity contribution in [2.24, 2.45) is 5.10 Å². The Bertz CT molecular complexity index is 1480. The van der Waals surface area contributed by atoms with Gasteiger partial charge >= 0.3 is 0 Å². The maximum absolute atomic E-state index is 13.6. The Morgan fingerprint density at radius 2 is 1.68 bits per heavy atom. The van der Waals surface area contributed by atoms with Gasteiger partial charge in [0.15, 0.2) is 0 Å². The van der Waals surface area contributed by atoms with Crippen molar-refractivity contribution in [1.29, 1.82) is 0 Å². The molecule has 2 heterocycles. The topological polar surface area (TPSA) is 75.5 Å². The van der Waals surface area contributed by atoms with Crippen LogP contribution in [0, 0.1) is 20.8 Å². The summed E-state index contributed by atoms with van der Waals surface area (Å²) < 4.78 is 2.15. The highest BCUT2D eigenvalue weighted by molar-refractivity contribution is 7.15. The fourth-order valence-electron chi connectivity index (χ4n) is 4.82. The van der Waals surface area contributed by atoms with E-state index in [9.17, 15) is 9.59 Å². The number of nitrogens with one attached hydrogen (secondary N) is 2. The summed E-state index contributed by atoms with van der Waals surface area (Å²) in [7, 11) is 0. The van der Waals surface area contributed by atoms with Gasteiger partial charge in [-0.1, -0.05) is 35.9 Å². The normalized spacial score (nSPS) is 12.9. The fraction of sp³-hybridized carbons (Fsp3) is 0.233. The maximum Gasteiger partial charge on any atom is 0.271 e. The van der Waals surface area contributed by atoms with Crippen molar-refractivity contribution in [3.8, 4) is 5.00 Å². The summed E-state index contributed by atoms with van der Waals surface area (Å²) in [5.74, 6) is -0.331. The number of aryl methyl sites for hydroxylation is 3. The zero-order valence-electron chi connectivity index (χ0n) is 21.3. The van der Waals surface area contributed by atoms with Crippen LogP contribution in [0.3, 0.4) is 0 Å². The number of carbonyl (C=O) groups excluding carboxylic acids is 2. The summed E-state index contributed by atoms with van der Waals surface area (Å²) in [6, 6.07) is 18.9. The predicted molar refractivity (Wildman–Crippen MR) is 150 cm³/mol. The molecule has 1 aliphatic carbocycles. The van der Waals surface area contributed by atoms with Crippen molar-refractivity contribution in [2.45, 2.75) is 46.5 Å². The Labute approximate surface area is 221 Å². The van der Waals surface area contributed by atoms with E-state index in [0.717, 1.165) is 64.4 Å². The molecule has 0 unspecified atom stereocenters. The van der Waals surface area contributed by atoms with Crippen LogP contribution >= 0.6 is 11.3 Å². The number of rotatable bonds is 6. The molecule has 0 atom stereocenters. The quantitative estimate of drug-likeness (QED) is 0.234. The molecule has 0 saturated carbocycles. The zero-order chi connectivity index (χ0) is 25.9. The van der Waals surface area contributed by atoms with Crippen LogP contribution < -0.4 is 10.7 Å². The molecule has 2 aromatic carbocycles. The van der Waals surface area contributed by atoms with E-state index in [4.69, 9.17) is 0 Å². The van der Waals surface area contributed by atoms with E-state index in [-0.39, 0.29) is 11.8 Å². The smallest absolute Gasteiger partial charge is 0.271 e. The number of thiophene rings is 1. The molecule has 2 N–H and O–H groups in total. The lowest BCUT2D eigenvalue weighted by Gasteiger charge is -2.14. The number of carbonyl (C=O) groups is 2. The lowest BCUT2D eigenvalue weighted by molar-refractivity contribution is 0.0954. The van der Waals surface area contributed by atoms with Crippen LogP contribution in [-0.2, 0) is 12.8 Å². The number of amides is 2. The molecule has 0 bridgehead atoms. The van der Waals surface area contributed by atoms with Gasteiger partial charge in [0.1, 0.15) is 5.00 Å². The lowest BCUT2D eigenvalue weighted by Crippen LogP contribution is -2.17. The highest BCUT2D eigenvalue weighted by Crippen LogP contribution is 2.39. The predicted octanol–water partition coefficient (Wildman–Crippen LogP) is 6.36. The second-order valence-electron chi connectivity index (χ2n) is 9.44. The van der Waals surface area contributed by atoms with Crippen molar-refractivity contribution in [3.63, 3.8) is 0 Å². The molecule has 0 spiro atoms. The van der Waals surface area contributed by atoms with Gasteiger partial charge in [-0.3, -0.25) is 9.59 Å². The minimum absolute atomic E-state index is 0.0731. The number of hydrazone groups is 1. The Morgan fingerprint density at radius 1 is 0.946 bits per heavy atom. The van der Waals surface area contributed by atoms with Crippen molar-refractivity contribution < 1.29 is 9.59 Å². The lowest BCUT2D eigenvalue weighted by atomic mass is 9.95. The summed E-state index contributed by atoms with van der Waals surface area (Å²) in [6.45, 7) is 6.09. The molecule has 1 aliphatic rings. The van der Waals surface area contributed by atoms with E-state index in [1.807, 2.05) is 69.3 Å². The largest absolute Gasteiger partial charge is 0.322 e. The Kier molecular flexibility index (Phi) is 7.06. The standard InChI is InChI=1S/C30H30N4O2S/c1-19-13-15-24(16-14-19)32-29(36)27-25-11-7-8-12-26(25)37-30(27)34-20(2)17-23(21(34)3)18-31-33-28(35)22-9-5-4-6-10-22/h4-6,9-10,13-18H,7-8,11-12H2,1-3H3,(H,32,36)(H,33,35)/b31-18-. The summed E-state index contributed by atoms with van der Waals surface area (Å²) in [4.78, 5) is 27.3. The maximum atomic E-state index is 13.6. The third kappa shape index (κ3) is 5.13. The Hall–Kier alpha value is -3.97. The number of benzene rings is 2. The monoisotopic (exact) mass is 510 g/mol. The Morgan fingerprint density at radius 3 is 2.43 bits per heavy atom.